The molecule has 0 radical (unpaired) electrons. The van der Waals surface area contributed by atoms with Crippen LogP contribution in [0.3, 0.4) is 0 Å². The monoisotopic (exact) mass is 613 g/mol. The Labute approximate surface area is 251 Å². The molecule has 0 bridgehead atoms. The third kappa shape index (κ3) is 6.47. The van der Waals surface area contributed by atoms with E-state index in [1.165, 1.54) is 7.11 Å². The van der Waals surface area contributed by atoms with E-state index in [1.807, 2.05) is 10.6 Å². The second-order valence-electron chi connectivity index (χ2n) is 14.2. The highest BCUT2D eigenvalue weighted by Gasteiger charge is 2.47. The molecule has 42 heavy (non-hydrogen) atoms. The minimum Gasteiger partial charge on any atom is -0.465 e. The smallest absolute Gasteiger partial charge is 0.337 e. The summed E-state index contributed by atoms with van der Waals surface area (Å²) in [6.07, 6.45) is 1.58. The number of hydrogen-bond donors (Lipinski definition) is 1. The molecule has 2 aromatic heterocycles. The van der Waals surface area contributed by atoms with Crippen molar-refractivity contribution in [3.8, 4) is 11.3 Å². The minimum atomic E-state index is -2.10. The lowest BCUT2D eigenvalue weighted by molar-refractivity contribution is -0.0383. The number of nitrogen functional groups attached to an aromatic ring is 1. The maximum absolute atomic E-state index is 12.2. The molecule has 3 atom stereocenters. The van der Waals surface area contributed by atoms with Gasteiger partial charge < -0.3 is 24.1 Å². The van der Waals surface area contributed by atoms with Gasteiger partial charge in [0, 0.05) is 12.0 Å². The van der Waals surface area contributed by atoms with Gasteiger partial charge in [0.15, 0.2) is 22.3 Å². The van der Waals surface area contributed by atoms with Gasteiger partial charge in [-0.05, 0) is 48.4 Å². The van der Waals surface area contributed by atoms with Crippen LogP contribution in [0.2, 0.25) is 36.3 Å². The first-order chi connectivity index (χ1) is 19.3. The summed E-state index contributed by atoms with van der Waals surface area (Å²) in [5.74, 6) is -0.327. The molecule has 1 fully saturated rings. The van der Waals surface area contributed by atoms with E-state index in [1.54, 1.807) is 24.5 Å². The highest BCUT2D eigenvalue weighted by Crippen LogP contribution is 2.43. The molecule has 0 saturated carbocycles. The molecule has 3 heterocycles. The van der Waals surface area contributed by atoms with E-state index in [2.05, 4.69) is 82.7 Å². The summed E-state index contributed by atoms with van der Waals surface area (Å²) >= 11 is 0. The number of anilines is 1. The third-order valence-corrected chi connectivity index (χ3v) is 18.2. The number of imidazole rings is 1. The van der Waals surface area contributed by atoms with Crippen molar-refractivity contribution in [2.45, 2.75) is 103 Å². The van der Waals surface area contributed by atoms with Crippen LogP contribution in [0.1, 0.15) is 64.5 Å². The summed E-state index contributed by atoms with van der Waals surface area (Å²) in [4.78, 5) is 25.9. The van der Waals surface area contributed by atoms with E-state index in [4.69, 9.17) is 24.1 Å². The van der Waals surface area contributed by atoms with Crippen LogP contribution in [0.15, 0.2) is 30.6 Å². The van der Waals surface area contributed by atoms with Gasteiger partial charge in [0.1, 0.15) is 23.5 Å². The van der Waals surface area contributed by atoms with Gasteiger partial charge in [0.05, 0.1) is 31.7 Å². The van der Waals surface area contributed by atoms with Crippen molar-refractivity contribution in [2.24, 2.45) is 0 Å². The predicted octanol–water partition coefficient (Wildman–Crippen LogP) is 6.56. The predicted molar refractivity (Wildman–Crippen MR) is 170 cm³/mol. The largest absolute Gasteiger partial charge is 0.465 e. The lowest BCUT2D eigenvalue weighted by Crippen LogP contribution is -2.48. The number of nitrogens with zero attached hydrogens (tertiary/aromatic N) is 4. The first-order valence-corrected chi connectivity index (χ1v) is 20.3. The molecule has 1 aromatic carbocycles. The molecular weight excluding hydrogens is 567 g/mol. The number of nitrogens with two attached hydrogens (primary N) is 1. The lowest BCUT2D eigenvalue weighted by Gasteiger charge is -2.40. The molecule has 12 heteroatoms. The Morgan fingerprint density at radius 2 is 1.74 bits per heavy atom. The molecule has 0 amide bonds. The van der Waals surface area contributed by atoms with Crippen molar-refractivity contribution in [1.82, 2.24) is 19.5 Å². The highest BCUT2D eigenvalue weighted by molar-refractivity contribution is 6.74. The number of esters is 1. The Morgan fingerprint density at radius 3 is 2.36 bits per heavy atom. The van der Waals surface area contributed by atoms with Gasteiger partial charge in [0.25, 0.3) is 0 Å². The number of rotatable bonds is 8. The number of fused-ring (bicyclic) bond motifs is 1. The van der Waals surface area contributed by atoms with Gasteiger partial charge >= 0.3 is 5.97 Å². The first kappa shape index (κ1) is 32.3. The van der Waals surface area contributed by atoms with E-state index in [0.717, 1.165) is 0 Å². The van der Waals surface area contributed by atoms with Gasteiger partial charge in [0.2, 0.25) is 5.95 Å². The molecular formula is C30H47N5O5Si2. The van der Waals surface area contributed by atoms with Crippen molar-refractivity contribution >= 4 is 39.7 Å². The molecule has 0 spiro atoms. The topological polar surface area (TPSA) is 124 Å². The van der Waals surface area contributed by atoms with Crippen LogP contribution in [0, 0.1) is 0 Å². The summed E-state index contributed by atoms with van der Waals surface area (Å²) in [5, 5.41) is 0.129. The Balaban J connectivity index is 1.70. The summed E-state index contributed by atoms with van der Waals surface area (Å²) < 4.78 is 27.1. The van der Waals surface area contributed by atoms with Crippen LogP contribution < -0.4 is 5.73 Å². The van der Waals surface area contributed by atoms with Gasteiger partial charge in [-0.1, -0.05) is 53.7 Å². The van der Waals surface area contributed by atoms with Crippen LogP contribution in [0.25, 0.3) is 22.4 Å². The second-order valence-corrected chi connectivity index (χ2v) is 23.7. The number of benzene rings is 1. The van der Waals surface area contributed by atoms with E-state index in [0.29, 0.717) is 41.0 Å². The molecule has 1 saturated heterocycles. The van der Waals surface area contributed by atoms with Crippen LogP contribution in [0.5, 0.6) is 0 Å². The maximum Gasteiger partial charge on any atom is 0.337 e. The Bertz CT molecular complexity index is 1440. The molecule has 3 aromatic rings. The standard InChI is InChI=1S/C30H47N5O5Si2/c1-29(2,3)41(8,9)38-17-22-21(40-42(10,11)30(4,5)6)16-23(39-22)35-18-32-25-24(33-28(31)34-26(25)35)19-13-12-14-20(15-19)27(36)37-7/h12-15,18,21-23H,16-17H2,1-11H3,(H2,31,33,34)/t21-,22+,23+/m0/s1. The third-order valence-electron chi connectivity index (χ3n) is 9.15. The van der Waals surface area contributed by atoms with Crippen LogP contribution >= 0.6 is 0 Å². The lowest BCUT2D eigenvalue weighted by atomic mass is 10.1. The average molecular weight is 614 g/mol. The first-order valence-electron chi connectivity index (χ1n) is 14.5. The van der Waals surface area contributed by atoms with Crippen molar-refractivity contribution in [3.05, 3.63) is 36.2 Å². The molecule has 0 aliphatic carbocycles. The fraction of sp³-hybridized carbons (Fsp3) is 0.600. The number of hydrogen-bond acceptors (Lipinski definition) is 9. The molecule has 2 N–H and O–H groups in total. The van der Waals surface area contributed by atoms with E-state index in [9.17, 15) is 4.79 Å². The quantitative estimate of drug-likeness (QED) is 0.222. The van der Waals surface area contributed by atoms with E-state index < -0.39 is 22.6 Å². The van der Waals surface area contributed by atoms with Gasteiger partial charge in [-0.25, -0.2) is 14.8 Å². The normalized spacial score (nSPS) is 20.3. The van der Waals surface area contributed by atoms with E-state index in [-0.39, 0.29) is 34.5 Å². The van der Waals surface area contributed by atoms with Crippen molar-refractivity contribution < 1.29 is 23.1 Å². The minimum absolute atomic E-state index is 0.0486. The van der Waals surface area contributed by atoms with Crippen LogP contribution in [-0.2, 0) is 18.3 Å². The van der Waals surface area contributed by atoms with Crippen LogP contribution in [0.4, 0.5) is 5.95 Å². The molecule has 230 valence electrons. The van der Waals surface area contributed by atoms with Crippen molar-refractivity contribution in [2.75, 3.05) is 19.5 Å². The second kappa shape index (κ2) is 11.5. The number of carbonyl (C=O) groups excluding carboxylic acids is 1. The fourth-order valence-electron chi connectivity index (χ4n) is 4.46. The Kier molecular flexibility index (Phi) is 8.80. The number of ether oxygens (including phenoxy) is 2. The summed E-state index contributed by atoms with van der Waals surface area (Å²) in [5.41, 5.74) is 8.96. The van der Waals surface area contributed by atoms with Gasteiger partial charge in [-0.2, -0.15) is 4.98 Å². The van der Waals surface area contributed by atoms with Crippen molar-refractivity contribution in [3.63, 3.8) is 0 Å². The summed E-state index contributed by atoms with van der Waals surface area (Å²) in [6, 6.07) is 7.04. The Hall–Kier alpha value is -2.65. The fourth-order valence-corrected chi connectivity index (χ4v) is 6.84. The number of methoxy groups -OCH3 is 1. The Morgan fingerprint density at radius 1 is 1.07 bits per heavy atom. The number of carbonyl (C=O) groups is 1. The summed E-state index contributed by atoms with van der Waals surface area (Å²) in [7, 11) is -2.76. The molecule has 1 aliphatic heterocycles. The van der Waals surface area contributed by atoms with Gasteiger partial charge in [-0.3, -0.25) is 4.57 Å². The molecule has 1 aliphatic rings. The zero-order valence-corrected chi connectivity index (χ0v) is 28.9. The SMILES string of the molecule is COC(=O)c1cccc(-c2nc(N)nc3c2ncn3[C@H]2C[C@H](O[Si](C)(C)C(C)(C)C)[C@@H](CO[Si](C)(C)C(C)(C)C)O2)c1. The maximum atomic E-state index is 12.2. The van der Waals surface area contributed by atoms with Crippen LogP contribution in [-0.4, -0.2) is 68.0 Å². The average Bonchev–Trinajstić information content (AvgIpc) is 3.48. The van der Waals surface area contributed by atoms with Crippen molar-refractivity contribution in [1.29, 1.82) is 0 Å². The highest BCUT2D eigenvalue weighted by atomic mass is 28.4. The van der Waals surface area contributed by atoms with E-state index >= 15 is 0 Å². The zero-order valence-electron chi connectivity index (χ0n) is 26.9. The summed E-state index contributed by atoms with van der Waals surface area (Å²) in [6.45, 7) is 22.9. The zero-order chi connectivity index (χ0) is 31.3. The van der Waals surface area contributed by atoms with Gasteiger partial charge in [-0.15, -0.1) is 0 Å². The molecule has 10 nitrogen and oxygen atoms in total. The molecule has 0 unspecified atom stereocenters. The molecule has 4 rings (SSSR count). The number of aromatic nitrogens is 4.